The van der Waals surface area contributed by atoms with Crippen LogP contribution in [0, 0.1) is 16.6 Å². The molecule has 1 aromatic carbocycles. The van der Waals surface area contributed by atoms with Crippen LogP contribution in [0.25, 0.3) is 11.3 Å². The van der Waals surface area contributed by atoms with E-state index in [2.05, 4.69) is 25.9 Å². The molecule has 0 N–H and O–H groups in total. The molecule has 2 bridgehead atoms. The molecule has 2 atom stereocenters. The molecule has 2 fully saturated rings. The van der Waals surface area contributed by atoms with Crippen LogP contribution in [0.4, 0.5) is 4.39 Å². The number of likely N-dealkylation sites (tertiary alicyclic amines) is 1. The standard InChI is InChI=1S/C22H27FN2O3/c1-21(2)9-18-10-22(3,13-21)14-25(18)20(26)12-27-11-17-8-19(28-24-17)15-4-6-16(23)7-5-15/h4-8,18H,9-14H2,1-3H3. The quantitative estimate of drug-likeness (QED) is 0.763. The Morgan fingerprint density at radius 3 is 2.79 bits per heavy atom. The van der Waals surface area contributed by atoms with Crippen molar-refractivity contribution >= 4 is 5.91 Å². The molecule has 2 aliphatic rings. The van der Waals surface area contributed by atoms with Gasteiger partial charge in [-0.3, -0.25) is 4.79 Å². The summed E-state index contributed by atoms with van der Waals surface area (Å²) in [7, 11) is 0. The summed E-state index contributed by atoms with van der Waals surface area (Å²) >= 11 is 0. The van der Waals surface area contributed by atoms with Gasteiger partial charge in [-0.25, -0.2) is 4.39 Å². The lowest BCUT2D eigenvalue weighted by Gasteiger charge is -2.39. The summed E-state index contributed by atoms with van der Waals surface area (Å²) in [5.74, 6) is 0.302. The molecule has 150 valence electrons. The number of halogens is 1. The fraction of sp³-hybridized carbons (Fsp3) is 0.545. The van der Waals surface area contributed by atoms with Gasteiger partial charge in [0.1, 0.15) is 18.1 Å². The van der Waals surface area contributed by atoms with Crippen molar-refractivity contribution in [3.8, 4) is 11.3 Å². The Morgan fingerprint density at radius 2 is 2.04 bits per heavy atom. The second-order valence-corrected chi connectivity index (χ2v) is 9.42. The van der Waals surface area contributed by atoms with Gasteiger partial charge in [-0.1, -0.05) is 25.9 Å². The minimum atomic E-state index is -0.297. The zero-order valence-corrected chi connectivity index (χ0v) is 16.7. The van der Waals surface area contributed by atoms with Crippen LogP contribution in [0.15, 0.2) is 34.9 Å². The molecular weight excluding hydrogens is 359 g/mol. The van der Waals surface area contributed by atoms with E-state index >= 15 is 0 Å². The number of carbonyl (C=O) groups is 1. The summed E-state index contributed by atoms with van der Waals surface area (Å²) in [4.78, 5) is 14.7. The van der Waals surface area contributed by atoms with E-state index in [9.17, 15) is 9.18 Å². The van der Waals surface area contributed by atoms with Gasteiger partial charge in [0.25, 0.3) is 0 Å². The van der Waals surface area contributed by atoms with Crippen molar-refractivity contribution < 1.29 is 18.4 Å². The van der Waals surface area contributed by atoms with Crippen molar-refractivity contribution in [1.29, 1.82) is 0 Å². The lowest BCUT2D eigenvalue weighted by molar-refractivity contribution is -0.137. The largest absolute Gasteiger partial charge is 0.365 e. The molecule has 2 heterocycles. The minimum Gasteiger partial charge on any atom is -0.365 e. The zero-order valence-electron chi connectivity index (χ0n) is 16.7. The first-order chi connectivity index (χ1) is 13.2. The van der Waals surface area contributed by atoms with Crippen LogP contribution in [-0.4, -0.2) is 35.2 Å². The highest BCUT2D eigenvalue weighted by Crippen LogP contribution is 2.52. The monoisotopic (exact) mass is 386 g/mol. The second-order valence-electron chi connectivity index (χ2n) is 9.42. The second kappa shape index (κ2) is 6.99. The summed E-state index contributed by atoms with van der Waals surface area (Å²) in [6.07, 6.45) is 3.30. The van der Waals surface area contributed by atoms with Crippen molar-refractivity contribution in [1.82, 2.24) is 10.1 Å². The van der Waals surface area contributed by atoms with Gasteiger partial charge in [-0.15, -0.1) is 0 Å². The maximum absolute atomic E-state index is 13.0. The molecular formula is C22H27FN2O3. The van der Waals surface area contributed by atoms with Crippen molar-refractivity contribution in [3.63, 3.8) is 0 Å². The summed E-state index contributed by atoms with van der Waals surface area (Å²) in [6.45, 7) is 7.96. The molecule has 1 saturated heterocycles. The van der Waals surface area contributed by atoms with Gasteiger partial charge in [-0.2, -0.15) is 0 Å². The average molecular weight is 386 g/mol. The number of hydrogen-bond donors (Lipinski definition) is 0. The first kappa shape index (κ1) is 19.1. The summed E-state index contributed by atoms with van der Waals surface area (Å²) in [5, 5.41) is 3.97. The molecule has 1 amide bonds. The molecule has 6 heteroatoms. The topological polar surface area (TPSA) is 55.6 Å². The third-order valence-electron chi connectivity index (χ3n) is 5.90. The fourth-order valence-electron chi connectivity index (χ4n) is 5.21. The number of amides is 1. The maximum Gasteiger partial charge on any atom is 0.248 e. The number of rotatable bonds is 5. The smallest absolute Gasteiger partial charge is 0.248 e. The Labute approximate surface area is 164 Å². The maximum atomic E-state index is 13.0. The third kappa shape index (κ3) is 3.97. The van der Waals surface area contributed by atoms with Crippen LogP contribution in [0.1, 0.15) is 45.7 Å². The van der Waals surface area contributed by atoms with Gasteiger partial charge in [0, 0.05) is 24.2 Å². The van der Waals surface area contributed by atoms with Gasteiger partial charge >= 0.3 is 0 Å². The lowest BCUT2D eigenvalue weighted by Crippen LogP contribution is -2.39. The van der Waals surface area contributed by atoms with Crippen molar-refractivity contribution in [2.75, 3.05) is 13.2 Å². The van der Waals surface area contributed by atoms with Crippen LogP contribution in [0.5, 0.6) is 0 Å². The SMILES string of the molecule is CC1(C)CC2CC(C)(CN2C(=O)COCc2cc(-c3ccc(F)cc3)on2)C1. The molecule has 0 spiro atoms. The molecule has 28 heavy (non-hydrogen) atoms. The van der Waals surface area contributed by atoms with Crippen molar-refractivity contribution in [3.05, 3.63) is 41.8 Å². The van der Waals surface area contributed by atoms with Crippen LogP contribution >= 0.6 is 0 Å². The lowest BCUT2D eigenvalue weighted by atomic mass is 9.65. The number of ether oxygens (including phenoxy) is 1. The molecule has 1 aromatic heterocycles. The van der Waals surface area contributed by atoms with Gasteiger partial charge < -0.3 is 14.2 Å². The Hall–Kier alpha value is -2.21. The summed E-state index contributed by atoms with van der Waals surface area (Å²) < 4.78 is 23.9. The van der Waals surface area contributed by atoms with E-state index in [1.807, 2.05) is 4.90 Å². The van der Waals surface area contributed by atoms with E-state index in [-0.39, 0.29) is 35.8 Å². The Kier molecular flexibility index (Phi) is 4.78. The minimum absolute atomic E-state index is 0.0474. The van der Waals surface area contributed by atoms with E-state index in [0.717, 1.165) is 31.4 Å². The van der Waals surface area contributed by atoms with E-state index < -0.39 is 0 Å². The number of aromatic nitrogens is 1. The number of nitrogens with zero attached hydrogens (tertiary/aromatic N) is 2. The third-order valence-corrected chi connectivity index (χ3v) is 5.90. The van der Waals surface area contributed by atoms with Gasteiger partial charge in [-0.05, 0) is 54.4 Å². The number of carbonyl (C=O) groups excluding carboxylic acids is 1. The number of benzene rings is 1. The van der Waals surface area contributed by atoms with E-state index in [1.165, 1.54) is 12.1 Å². The highest BCUT2D eigenvalue weighted by atomic mass is 19.1. The van der Waals surface area contributed by atoms with E-state index in [0.29, 0.717) is 17.5 Å². The summed E-state index contributed by atoms with van der Waals surface area (Å²) in [5.41, 5.74) is 1.86. The van der Waals surface area contributed by atoms with Crippen molar-refractivity contribution in [2.45, 2.75) is 52.7 Å². The van der Waals surface area contributed by atoms with Crippen LogP contribution in [0.3, 0.4) is 0 Å². The van der Waals surface area contributed by atoms with Crippen LogP contribution in [0.2, 0.25) is 0 Å². The number of fused-ring (bicyclic) bond motifs is 2. The molecule has 1 aliphatic heterocycles. The molecule has 1 aliphatic carbocycles. The van der Waals surface area contributed by atoms with E-state index in [4.69, 9.17) is 9.26 Å². The Balaban J connectivity index is 1.31. The Morgan fingerprint density at radius 1 is 1.29 bits per heavy atom. The predicted octanol–water partition coefficient (Wildman–Crippen LogP) is 4.42. The van der Waals surface area contributed by atoms with Gasteiger partial charge in [0.15, 0.2) is 5.76 Å². The number of hydrogen-bond acceptors (Lipinski definition) is 4. The van der Waals surface area contributed by atoms with Gasteiger partial charge in [0.2, 0.25) is 5.91 Å². The molecule has 2 aromatic rings. The zero-order chi connectivity index (χ0) is 19.9. The van der Waals surface area contributed by atoms with E-state index in [1.54, 1.807) is 18.2 Å². The summed E-state index contributed by atoms with van der Waals surface area (Å²) in [6, 6.07) is 8.10. The molecule has 5 nitrogen and oxygen atoms in total. The average Bonchev–Trinajstić information content (AvgIpc) is 3.16. The first-order valence-electron chi connectivity index (χ1n) is 9.82. The molecule has 4 rings (SSSR count). The van der Waals surface area contributed by atoms with Gasteiger partial charge in [0.05, 0.1) is 6.61 Å². The highest BCUT2D eigenvalue weighted by Gasteiger charge is 2.50. The molecule has 1 saturated carbocycles. The molecule has 2 unspecified atom stereocenters. The molecule has 0 radical (unpaired) electrons. The Bertz CT molecular complexity index is 861. The fourth-order valence-corrected chi connectivity index (χ4v) is 5.21. The van der Waals surface area contributed by atoms with Crippen molar-refractivity contribution in [2.24, 2.45) is 10.8 Å². The van der Waals surface area contributed by atoms with Crippen LogP contribution in [-0.2, 0) is 16.1 Å². The highest BCUT2D eigenvalue weighted by molar-refractivity contribution is 5.78. The first-order valence-corrected chi connectivity index (χ1v) is 9.82. The van der Waals surface area contributed by atoms with Crippen LogP contribution < -0.4 is 0 Å². The predicted molar refractivity (Wildman–Crippen MR) is 103 cm³/mol. The normalized spacial score (nSPS) is 25.9.